The molecule has 0 fully saturated rings. The number of methoxy groups -OCH3 is 1. The van der Waals surface area contributed by atoms with Crippen LogP contribution in [-0.4, -0.2) is 29.3 Å². The summed E-state index contributed by atoms with van der Waals surface area (Å²) in [5, 5.41) is 4.55. The standard InChI is InChI=1S/C11H9BrF2N2O2/c1-18-11(17)6-2-3-8-7(4-6)10(12)15-16(8)5-9(13)14/h2-4,9H,5H2,1H3. The third-order valence-corrected chi connectivity index (χ3v) is 3.02. The average Bonchev–Trinajstić information content (AvgIpc) is 2.64. The van der Waals surface area contributed by atoms with E-state index in [9.17, 15) is 13.6 Å². The summed E-state index contributed by atoms with van der Waals surface area (Å²) in [7, 11) is 1.28. The molecule has 96 valence electrons. The zero-order chi connectivity index (χ0) is 13.3. The topological polar surface area (TPSA) is 44.1 Å². The van der Waals surface area contributed by atoms with Crippen molar-refractivity contribution in [3.8, 4) is 0 Å². The molecule has 2 aromatic rings. The molecule has 7 heteroatoms. The summed E-state index contributed by atoms with van der Waals surface area (Å²) in [4.78, 5) is 11.4. The second kappa shape index (κ2) is 5.01. The van der Waals surface area contributed by atoms with Crippen LogP contribution in [-0.2, 0) is 11.3 Å². The SMILES string of the molecule is COC(=O)c1ccc2c(c1)c(Br)nn2CC(F)F. The van der Waals surface area contributed by atoms with Crippen molar-refractivity contribution in [3.63, 3.8) is 0 Å². The van der Waals surface area contributed by atoms with Crippen molar-refractivity contribution in [2.45, 2.75) is 13.0 Å². The molecule has 1 aromatic carbocycles. The summed E-state index contributed by atoms with van der Waals surface area (Å²) in [5.41, 5.74) is 0.886. The second-order valence-electron chi connectivity index (χ2n) is 3.59. The number of esters is 1. The van der Waals surface area contributed by atoms with Gasteiger partial charge in [-0.2, -0.15) is 5.10 Å². The number of fused-ring (bicyclic) bond motifs is 1. The Labute approximate surface area is 110 Å². The van der Waals surface area contributed by atoms with Crippen LogP contribution in [0.2, 0.25) is 0 Å². The zero-order valence-corrected chi connectivity index (χ0v) is 10.9. The number of hydrogen-bond donors (Lipinski definition) is 0. The van der Waals surface area contributed by atoms with Gasteiger partial charge in [0.15, 0.2) is 0 Å². The predicted molar refractivity (Wildman–Crippen MR) is 64.8 cm³/mol. The Morgan fingerprint density at radius 2 is 2.28 bits per heavy atom. The number of ether oxygens (including phenoxy) is 1. The zero-order valence-electron chi connectivity index (χ0n) is 9.36. The number of carbonyl (C=O) groups excluding carboxylic acids is 1. The van der Waals surface area contributed by atoms with Crippen molar-refractivity contribution >= 4 is 32.8 Å². The second-order valence-corrected chi connectivity index (χ2v) is 4.34. The molecule has 0 atom stereocenters. The molecule has 0 radical (unpaired) electrons. The van der Waals surface area contributed by atoms with Gasteiger partial charge in [0.1, 0.15) is 11.1 Å². The first-order chi connectivity index (χ1) is 8.52. The Bertz CT molecular complexity index is 598. The number of nitrogens with zero attached hydrogens (tertiary/aromatic N) is 2. The number of aromatic nitrogens is 2. The maximum absolute atomic E-state index is 12.4. The number of hydrogen-bond acceptors (Lipinski definition) is 3. The van der Waals surface area contributed by atoms with Crippen molar-refractivity contribution in [1.82, 2.24) is 9.78 Å². The molecule has 0 unspecified atom stereocenters. The molecule has 0 aliphatic carbocycles. The average molecular weight is 319 g/mol. The fourth-order valence-electron chi connectivity index (χ4n) is 1.65. The summed E-state index contributed by atoms with van der Waals surface area (Å²) >= 11 is 3.18. The minimum absolute atomic E-state index is 0.349. The Kier molecular flexibility index (Phi) is 3.60. The van der Waals surface area contributed by atoms with E-state index in [0.29, 0.717) is 21.1 Å². The lowest BCUT2D eigenvalue weighted by Gasteiger charge is -2.03. The highest BCUT2D eigenvalue weighted by Gasteiger charge is 2.14. The summed E-state index contributed by atoms with van der Waals surface area (Å²) in [6.07, 6.45) is -2.49. The maximum atomic E-state index is 12.4. The summed E-state index contributed by atoms with van der Waals surface area (Å²) in [6, 6.07) is 4.65. The van der Waals surface area contributed by atoms with Gasteiger partial charge in [0, 0.05) is 5.39 Å². The number of benzene rings is 1. The van der Waals surface area contributed by atoms with Crippen molar-refractivity contribution in [1.29, 1.82) is 0 Å². The van der Waals surface area contributed by atoms with E-state index in [-0.39, 0.29) is 0 Å². The molecule has 0 saturated heterocycles. The van der Waals surface area contributed by atoms with Crippen LogP contribution >= 0.6 is 15.9 Å². The fourth-order valence-corrected chi connectivity index (χ4v) is 2.16. The maximum Gasteiger partial charge on any atom is 0.337 e. The van der Waals surface area contributed by atoms with E-state index in [2.05, 4.69) is 25.8 Å². The molecule has 0 amide bonds. The number of alkyl halides is 2. The van der Waals surface area contributed by atoms with E-state index >= 15 is 0 Å². The summed E-state index contributed by atoms with van der Waals surface area (Å²) in [5.74, 6) is -0.481. The minimum Gasteiger partial charge on any atom is -0.465 e. The van der Waals surface area contributed by atoms with Crippen molar-refractivity contribution in [3.05, 3.63) is 28.4 Å². The molecule has 1 heterocycles. The van der Waals surface area contributed by atoms with Gasteiger partial charge in [0.25, 0.3) is 6.43 Å². The highest BCUT2D eigenvalue weighted by molar-refractivity contribution is 9.10. The first kappa shape index (κ1) is 12.9. The Hall–Kier alpha value is -1.50. The molecule has 0 bridgehead atoms. The lowest BCUT2D eigenvalue weighted by atomic mass is 10.1. The molecular weight excluding hydrogens is 310 g/mol. The van der Waals surface area contributed by atoms with E-state index in [1.807, 2.05) is 0 Å². The lowest BCUT2D eigenvalue weighted by Crippen LogP contribution is -2.08. The van der Waals surface area contributed by atoms with Gasteiger partial charge < -0.3 is 4.74 Å². The molecule has 0 N–H and O–H groups in total. The Balaban J connectivity index is 2.51. The van der Waals surface area contributed by atoms with E-state index < -0.39 is 18.9 Å². The number of carbonyl (C=O) groups is 1. The van der Waals surface area contributed by atoms with Crippen LogP contribution in [0.1, 0.15) is 10.4 Å². The number of halogens is 3. The number of rotatable bonds is 3. The van der Waals surface area contributed by atoms with Gasteiger partial charge in [-0.3, -0.25) is 4.68 Å². The van der Waals surface area contributed by atoms with E-state index in [4.69, 9.17) is 0 Å². The third kappa shape index (κ3) is 2.35. The fraction of sp³-hybridized carbons (Fsp3) is 0.273. The van der Waals surface area contributed by atoms with Gasteiger partial charge >= 0.3 is 5.97 Å². The van der Waals surface area contributed by atoms with Crippen LogP contribution in [0.25, 0.3) is 10.9 Å². The molecule has 0 spiro atoms. The molecule has 1 aromatic heterocycles. The molecule has 2 rings (SSSR count). The van der Waals surface area contributed by atoms with Crippen molar-refractivity contribution in [2.24, 2.45) is 0 Å². The third-order valence-electron chi connectivity index (χ3n) is 2.44. The normalized spacial score (nSPS) is 11.2. The van der Waals surface area contributed by atoms with E-state index in [0.717, 1.165) is 0 Å². The first-order valence-corrected chi connectivity index (χ1v) is 5.84. The van der Waals surface area contributed by atoms with Gasteiger partial charge in [-0.05, 0) is 34.1 Å². The minimum atomic E-state index is -2.49. The monoisotopic (exact) mass is 318 g/mol. The van der Waals surface area contributed by atoms with Crippen LogP contribution < -0.4 is 0 Å². The van der Waals surface area contributed by atoms with Crippen LogP contribution in [0, 0.1) is 0 Å². The molecule has 0 saturated carbocycles. The van der Waals surface area contributed by atoms with Crippen LogP contribution in [0.5, 0.6) is 0 Å². The quantitative estimate of drug-likeness (QED) is 0.817. The van der Waals surface area contributed by atoms with Gasteiger partial charge in [0.05, 0.1) is 18.2 Å². The molecule has 0 aliphatic rings. The smallest absolute Gasteiger partial charge is 0.337 e. The molecule has 4 nitrogen and oxygen atoms in total. The molecule has 0 aliphatic heterocycles. The highest BCUT2D eigenvalue weighted by atomic mass is 79.9. The Morgan fingerprint density at radius 3 is 2.89 bits per heavy atom. The van der Waals surface area contributed by atoms with Crippen LogP contribution in [0.3, 0.4) is 0 Å². The predicted octanol–water partition coefficient (Wildman–Crippen LogP) is 2.85. The van der Waals surface area contributed by atoms with Crippen molar-refractivity contribution < 1.29 is 18.3 Å². The molecule has 18 heavy (non-hydrogen) atoms. The highest BCUT2D eigenvalue weighted by Crippen LogP contribution is 2.25. The van der Waals surface area contributed by atoms with Gasteiger partial charge in [-0.15, -0.1) is 0 Å². The summed E-state index contributed by atoms with van der Waals surface area (Å²) < 4.78 is 31.0. The van der Waals surface area contributed by atoms with E-state index in [1.54, 1.807) is 12.1 Å². The van der Waals surface area contributed by atoms with E-state index in [1.165, 1.54) is 17.9 Å². The first-order valence-electron chi connectivity index (χ1n) is 5.05. The van der Waals surface area contributed by atoms with Crippen molar-refractivity contribution in [2.75, 3.05) is 7.11 Å². The van der Waals surface area contributed by atoms with Gasteiger partial charge in [-0.1, -0.05) is 0 Å². The largest absolute Gasteiger partial charge is 0.465 e. The van der Waals surface area contributed by atoms with Crippen LogP contribution in [0.15, 0.2) is 22.8 Å². The van der Waals surface area contributed by atoms with Crippen LogP contribution in [0.4, 0.5) is 8.78 Å². The lowest BCUT2D eigenvalue weighted by molar-refractivity contribution is 0.0601. The van der Waals surface area contributed by atoms with Gasteiger partial charge in [-0.25, -0.2) is 13.6 Å². The Morgan fingerprint density at radius 1 is 1.56 bits per heavy atom. The summed E-state index contributed by atoms with van der Waals surface area (Å²) in [6.45, 7) is -0.486. The molecular formula is C11H9BrF2N2O2. The van der Waals surface area contributed by atoms with Gasteiger partial charge in [0.2, 0.25) is 0 Å².